The fourth-order valence-electron chi connectivity index (χ4n) is 2.94. The molecule has 1 amide bonds. The zero-order valence-corrected chi connectivity index (χ0v) is 13.9. The highest BCUT2D eigenvalue weighted by Gasteiger charge is 2.41. The molecule has 0 radical (unpaired) electrons. The number of carbonyl (C=O) groups is 1. The average molecular weight is 331 g/mol. The molecule has 1 aliphatic heterocycles. The highest BCUT2D eigenvalue weighted by Crippen LogP contribution is 2.31. The fourth-order valence-corrected chi connectivity index (χ4v) is 2.94. The van der Waals surface area contributed by atoms with Crippen LogP contribution < -0.4 is 5.32 Å². The Morgan fingerprint density at radius 1 is 1.32 bits per heavy atom. The fraction of sp³-hybridized carbons (Fsp3) is 0.562. The molecule has 1 fully saturated rings. The Labute approximate surface area is 137 Å². The summed E-state index contributed by atoms with van der Waals surface area (Å²) < 4.78 is 18.2. The summed E-state index contributed by atoms with van der Waals surface area (Å²) in [6.07, 6.45) is 1.57. The van der Waals surface area contributed by atoms with Crippen molar-refractivity contribution in [2.45, 2.75) is 19.4 Å². The van der Waals surface area contributed by atoms with Crippen molar-refractivity contribution >= 4 is 18.3 Å². The van der Waals surface area contributed by atoms with Gasteiger partial charge in [-0.05, 0) is 43.6 Å². The van der Waals surface area contributed by atoms with Crippen molar-refractivity contribution in [2.24, 2.45) is 5.41 Å². The van der Waals surface area contributed by atoms with Gasteiger partial charge in [0.1, 0.15) is 5.82 Å². The van der Waals surface area contributed by atoms with E-state index in [1.807, 2.05) is 0 Å². The van der Waals surface area contributed by atoms with Gasteiger partial charge in [-0.1, -0.05) is 12.1 Å². The molecular weight excluding hydrogens is 307 g/mol. The molecule has 0 aromatic heterocycles. The third-order valence-electron chi connectivity index (χ3n) is 4.11. The van der Waals surface area contributed by atoms with Gasteiger partial charge >= 0.3 is 0 Å². The van der Waals surface area contributed by atoms with E-state index in [4.69, 9.17) is 4.74 Å². The van der Waals surface area contributed by atoms with Crippen LogP contribution in [-0.2, 0) is 16.1 Å². The summed E-state index contributed by atoms with van der Waals surface area (Å²) in [7, 11) is 3.43. The van der Waals surface area contributed by atoms with Gasteiger partial charge in [0, 0.05) is 20.7 Å². The lowest BCUT2D eigenvalue weighted by Crippen LogP contribution is -2.50. The van der Waals surface area contributed by atoms with Gasteiger partial charge in [0.25, 0.3) is 0 Å². The number of ether oxygens (including phenoxy) is 1. The summed E-state index contributed by atoms with van der Waals surface area (Å²) >= 11 is 0. The summed E-state index contributed by atoms with van der Waals surface area (Å²) in [6, 6.07) is 6.27. The zero-order chi connectivity index (χ0) is 15.3. The normalized spacial score (nSPS) is 16.7. The topological polar surface area (TPSA) is 41.6 Å². The van der Waals surface area contributed by atoms with Crippen LogP contribution in [0.5, 0.6) is 0 Å². The maximum absolute atomic E-state index is 12.9. The third kappa shape index (κ3) is 4.41. The Morgan fingerprint density at radius 3 is 2.45 bits per heavy atom. The second kappa shape index (κ2) is 8.46. The molecule has 124 valence electrons. The van der Waals surface area contributed by atoms with Crippen LogP contribution in [0.15, 0.2) is 24.3 Å². The molecule has 1 aromatic rings. The number of carbonyl (C=O) groups excluding carboxylic acids is 1. The average Bonchev–Trinajstić information content (AvgIpc) is 2.50. The van der Waals surface area contributed by atoms with Gasteiger partial charge in [-0.3, -0.25) is 4.79 Å². The summed E-state index contributed by atoms with van der Waals surface area (Å²) in [6.45, 7) is 2.60. The predicted octanol–water partition coefficient (Wildman–Crippen LogP) is 2.22. The molecule has 1 aliphatic rings. The van der Waals surface area contributed by atoms with E-state index in [-0.39, 0.29) is 24.1 Å². The van der Waals surface area contributed by atoms with E-state index in [0.717, 1.165) is 31.5 Å². The smallest absolute Gasteiger partial charge is 0.231 e. The number of nitrogens with zero attached hydrogens (tertiary/aromatic N) is 1. The van der Waals surface area contributed by atoms with E-state index < -0.39 is 5.41 Å². The highest BCUT2D eigenvalue weighted by atomic mass is 35.5. The first-order valence-corrected chi connectivity index (χ1v) is 7.27. The van der Waals surface area contributed by atoms with Crippen LogP contribution >= 0.6 is 12.4 Å². The quantitative estimate of drug-likeness (QED) is 0.900. The van der Waals surface area contributed by atoms with Crippen LogP contribution in [0.3, 0.4) is 0 Å². The molecule has 1 aromatic carbocycles. The molecule has 22 heavy (non-hydrogen) atoms. The molecular formula is C16H24ClFN2O2. The van der Waals surface area contributed by atoms with Gasteiger partial charge in [-0.15, -0.1) is 12.4 Å². The molecule has 0 saturated carbocycles. The molecule has 4 nitrogen and oxygen atoms in total. The van der Waals surface area contributed by atoms with Gasteiger partial charge in [0.2, 0.25) is 5.91 Å². The van der Waals surface area contributed by atoms with Crippen molar-refractivity contribution in [2.75, 3.05) is 33.9 Å². The van der Waals surface area contributed by atoms with Crippen LogP contribution in [0.2, 0.25) is 0 Å². The SMILES string of the molecule is COCC1(C(=O)N(C)Cc2ccc(F)cc2)CCNCC1.Cl. The molecule has 1 saturated heterocycles. The number of halogens is 2. The van der Waals surface area contributed by atoms with Gasteiger partial charge in [-0.25, -0.2) is 4.39 Å². The zero-order valence-electron chi connectivity index (χ0n) is 13.1. The van der Waals surface area contributed by atoms with E-state index in [1.165, 1.54) is 12.1 Å². The summed E-state index contributed by atoms with van der Waals surface area (Å²) in [5.41, 5.74) is 0.489. The Morgan fingerprint density at radius 2 is 1.91 bits per heavy atom. The maximum atomic E-state index is 12.9. The first-order chi connectivity index (χ1) is 10.1. The van der Waals surface area contributed by atoms with E-state index in [1.54, 1.807) is 31.2 Å². The van der Waals surface area contributed by atoms with Crippen LogP contribution in [0.1, 0.15) is 18.4 Å². The molecule has 0 unspecified atom stereocenters. The van der Waals surface area contributed by atoms with Gasteiger partial charge < -0.3 is 15.0 Å². The Kier molecular flexibility index (Phi) is 7.26. The Balaban J connectivity index is 0.00000242. The lowest BCUT2D eigenvalue weighted by molar-refractivity contribution is -0.146. The van der Waals surface area contributed by atoms with Crippen molar-refractivity contribution in [3.05, 3.63) is 35.6 Å². The van der Waals surface area contributed by atoms with E-state index in [0.29, 0.717) is 13.2 Å². The number of methoxy groups -OCH3 is 1. The first kappa shape index (κ1) is 18.9. The lowest BCUT2D eigenvalue weighted by Gasteiger charge is -2.38. The molecule has 0 bridgehead atoms. The van der Waals surface area contributed by atoms with Crippen molar-refractivity contribution < 1.29 is 13.9 Å². The minimum absolute atomic E-state index is 0. The van der Waals surface area contributed by atoms with Gasteiger partial charge in [0.05, 0.1) is 12.0 Å². The van der Waals surface area contributed by atoms with E-state index in [2.05, 4.69) is 5.32 Å². The maximum Gasteiger partial charge on any atom is 0.231 e. The minimum Gasteiger partial charge on any atom is -0.384 e. The molecule has 2 rings (SSSR count). The molecule has 1 heterocycles. The third-order valence-corrected chi connectivity index (χ3v) is 4.11. The monoisotopic (exact) mass is 330 g/mol. The molecule has 0 spiro atoms. The molecule has 1 N–H and O–H groups in total. The summed E-state index contributed by atoms with van der Waals surface area (Å²) in [5, 5.41) is 3.28. The van der Waals surface area contributed by atoms with Gasteiger partial charge in [-0.2, -0.15) is 0 Å². The Hall–Kier alpha value is -1.17. The Bertz CT molecular complexity index is 470. The number of nitrogens with one attached hydrogen (secondary N) is 1. The van der Waals surface area contributed by atoms with Crippen LogP contribution in [0.4, 0.5) is 4.39 Å². The standard InChI is InChI=1S/C16H23FN2O2.ClH/c1-19(11-13-3-5-14(17)6-4-13)15(20)16(12-21-2)7-9-18-10-8-16;/h3-6,18H,7-12H2,1-2H3;1H. The minimum atomic E-state index is -0.436. The summed E-state index contributed by atoms with van der Waals surface area (Å²) in [4.78, 5) is 14.5. The predicted molar refractivity (Wildman–Crippen MR) is 86.5 cm³/mol. The second-order valence-electron chi connectivity index (χ2n) is 5.75. The van der Waals surface area contributed by atoms with Crippen LogP contribution in [0, 0.1) is 11.2 Å². The van der Waals surface area contributed by atoms with E-state index in [9.17, 15) is 9.18 Å². The lowest BCUT2D eigenvalue weighted by atomic mass is 9.78. The van der Waals surface area contributed by atoms with Crippen LogP contribution in [0.25, 0.3) is 0 Å². The van der Waals surface area contributed by atoms with Gasteiger partial charge in [0.15, 0.2) is 0 Å². The number of amides is 1. The van der Waals surface area contributed by atoms with E-state index >= 15 is 0 Å². The summed E-state index contributed by atoms with van der Waals surface area (Å²) in [5.74, 6) is -0.155. The first-order valence-electron chi connectivity index (χ1n) is 7.27. The van der Waals surface area contributed by atoms with Crippen LogP contribution in [-0.4, -0.2) is 44.7 Å². The number of rotatable bonds is 5. The second-order valence-corrected chi connectivity index (χ2v) is 5.75. The molecule has 0 aliphatic carbocycles. The largest absolute Gasteiger partial charge is 0.384 e. The number of benzene rings is 1. The highest BCUT2D eigenvalue weighted by molar-refractivity contribution is 5.85. The molecule has 6 heteroatoms. The van der Waals surface area contributed by atoms with Crippen molar-refractivity contribution in [3.63, 3.8) is 0 Å². The van der Waals surface area contributed by atoms with Crippen molar-refractivity contribution in [1.29, 1.82) is 0 Å². The molecule has 0 atom stereocenters. The number of hydrogen-bond acceptors (Lipinski definition) is 3. The van der Waals surface area contributed by atoms with Crippen molar-refractivity contribution in [1.82, 2.24) is 10.2 Å². The van der Waals surface area contributed by atoms with Crippen molar-refractivity contribution in [3.8, 4) is 0 Å². The number of hydrogen-bond donors (Lipinski definition) is 1. The number of piperidine rings is 1.